The highest BCUT2D eigenvalue weighted by molar-refractivity contribution is 7.84. The van der Waals surface area contributed by atoms with Gasteiger partial charge in [-0.3, -0.25) is 0 Å². The van der Waals surface area contributed by atoms with Gasteiger partial charge in [-0.05, 0) is 138 Å². The van der Waals surface area contributed by atoms with Gasteiger partial charge in [0.15, 0.2) is 7.28 Å². The molecule has 1 aliphatic heterocycles. The van der Waals surface area contributed by atoms with Crippen LogP contribution in [0.25, 0.3) is 0 Å². The van der Waals surface area contributed by atoms with E-state index >= 15 is 0 Å². The number of nitrogens with zero attached hydrogens (tertiary/aromatic N) is 3. The van der Waals surface area contributed by atoms with Crippen LogP contribution < -0.4 is 25.6 Å². The molecule has 3 nitrogen and oxygen atoms in total. The fourth-order valence-corrected chi connectivity index (χ4v) is 9.11. The molecule has 0 saturated heterocycles. The Balaban J connectivity index is 1.40. The first-order valence-electron chi connectivity index (χ1n) is 23.0. The van der Waals surface area contributed by atoms with Crippen LogP contribution in [0.15, 0.2) is 162 Å². The van der Waals surface area contributed by atoms with Crippen LogP contribution >= 0.6 is 24.2 Å². The Kier molecular flexibility index (Phi) is 14.0. The number of rotatable bonds is 13. The summed E-state index contributed by atoms with van der Waals surface area (Å²) in [6, 6.07) is 50.6. The molecule has 0 bridgehead atoms. The smallest absolute Gasteiger partial charge is 0.199 e. The second-order valence-electron chi connectivity index (χ2n) is 20.0. The van der Waals surface area contributed by atoms with E-state index in [1.54, 1.807) is 0 Å². The van der Waals surface area contributed by atoms with E-state index in [0.717, 1.165) is 87.1 Å². The molecule has 0 amide bonds. The maximum Gasteiger partial charge on any atom is 0.199 e. The second-order valence-corrected chi connectivity index (χ2v) is 20.9. The molecule has 0 fully saturated rings. The molecule has 0 aromatic heterocycles. The number of para-hydroxylation sites is 2. The first-order chi connectivity index (χ1) is 30.4. The van der Waals surface area contributed by atoms with Crippen LogP contribution in [0.2, 0.25) is 5.02 Å². The third-order valence-electron chi connectivity index (χ3n) is 13.1. The summed E-state index contributed by atoms with van der Waals surface area (Å²) in [5, 5.41) is 0.684. The normalized spacial score (nSPS) is 13.5. The second kappa shape index (κ2) is 19.2. The number of hydrogen-bond acceptors (Lipinski definition) is 4. The standard InChI is InChI=1S/C58H66BClN3S/c1-12-41(58(10,11)13-2)36-54(64)40(3)34-35-61(45-28-24-42(25-29-45)56(4,5)6)52-37-44(60)38-53-55(52)59-50-33-32-49(62(46-20-16-14-17-21-46)47-22-18-15-19-23-47)39-51(50)63(53)48-30-26-43(27-31-48)57(7,8)9/h14-33,36-39,64H,12-13,34-35H2,1-11H3/b41-36+,54-40-. The monoisotopic (exact) mass is 882 g/mol. The molecule has 6 aromatic carbocycles. The molecule has 7 rings (SSSR count). The zero-order valence-corrected chi connectivity index (χ0v) is 41.6. The number of anilines is 8. The van der Waals surface area contributed by atoms with Crippen molar-refractivity contribution in [2.24, 2.45) is 5.41 Å². The van der Waals surface area contributed by atoms with Gasteiger partial charge in [-0.1, -0.05) is 164 Å². The quantitative estimate of drug-likeness (QED) is 0.0703. The van der Waals surface area contributed by atoms with Crippen molar-refractivity contribution in [3.8, 4) is 0 Å². The van der Waals surface area contributed by atoms with E-state index in [-0.39, 0.29) is 16.2 Å². The van der Waals surface area contributed by atoms with Gasteiger partial charge in [0.1, 0.15) is 0 Å². The summed E-state index contributed by atoms with van der Waals surface area (Å²) in [5.41, 5.74) is 16.4. The lowest BCUT2D eigenvalue weighted by atomic mass is 9.59. The fourth-order valence-electron chi connectivity index (χ4n) is 8.64. The summed E-state index contributed by atoms with van der Waals surface area (Å²) < 4.78 is 0. The molecule has 0 unspecified atom stereocenters. The molecule has 6 aromatic rings. The van der Waals surface area contributed by atoms with E-state index < -0.39 is 0 Å². The summed E-state index contributed by atoms with van der Waals surface area (Å²) >= 11 is 12.5. The van der Waals surface area contributed by atoms with E-state index in [0.29, 0.717) is 5.02 Å². The third kappa shape index (κ3) is 10.2. The maximum absolute atomic E-state index is 7.34. The molecular weight excluding hydrogens is 817 g/mol. The van der Waals surface area contributed by atoms with E-state index in [1.807, 2.05) is 0 Å². The van der Waals surface area contributed by atoms with Gasteiger partial charge in [-0.25, -0.2) is 0 Å². The summed E-state index contributed by atoms with van der Waals surface area (Å²) in [7, 11) is 2.36. The topological polar surface area (TPSA) is 9.72 Å². The zero-order chi connectivity index (χ0) is 46.0. The fraction of sp³-hybridized carbons (Fsp3) is 0.310. The Morgan fingerprint density at radius 1 is 0.656 bits per heavy atom. The van der Waals surface area contributed by atoms with Gasteiger partial charge in [0, 0.05) is 62.0 Å². The Bertz CT molecular complexity index is 2580. The minimum atomic E-state index is 0.0160. The SMILES string of the molecule is CC/C(=C\C(S)=C(/C)CCN(c1ccc(C(C)(C)C)cc1)c1cc(Cl)cc2c1[B]c1ccc(N(c3ccccc3)c3ccccc3)cc1N2c1ccc(C(C)(C)C)cc1)C(C)(C)CC. The van der Waals surface area contributed by atoms with Crippen molar-refractivity contribution in [2.45, 2.75) is 106 Å². The van der Waals surface area contributed by atoms with Gasteiger partial charge in [0.05, 0.1) is 0 Å². The minimum Gasteiger partial charge on any atom is -0.342 e. The van der Waals surface area contributed by atoms with Crippen molar-refractivity contribution >= 4 is 87.9 Å². The third-order valence-corrected chi connectivity index (χ3v) is 13.8. The molecule has 0 saturated carbocycles. The van der Waals surface area contributed by atoms with E-state index in [4.69, 9.17) is 24.2 Å². The number of allylic oxidation sites excluding steroid dienone is 2. The highest BCUT2D eigenvalue weighted by atomic mass is 35.5. The summed E-state index contributed by atoms with van der Waals surface area (Å²) in [6.07, 6.45) is 5.24. The highest BCUT2D eigenvalue weighted by Crippen LogP contribution is 2.44. The molecule has 0 spiro atoms. The van der Waals surface area contributed by atoms with Crippen LogP contribution in [0.1, 0.15) is 107 Å². The number of benzene rings is 6. The molecule has 0 atom stereocenters. The van der Waals surface area contributed by atoms with E-state index in [9.17, 15) is 0 Å². The van der Waals surface area contributed by atoms with Gasteiger partial charge in [0.2, 0.25) is 0 Å². The first kappa shape index (κ1) is 46.9. The van der Waals surface area contributed by atoms with Crippen LogP contribution in [-0.2, 0) is 10.8 Å². The molecule has 329 valence electrons. The van der Waals surface area contributed by atoms with Gasteiger partial charge in [-0.15, -0.1) is 12.6 Å². The molecular formula is C58H66BClN3S. The largest absolute Gasteiger partial charge is 0.342 e. The molecule has 64 heavy (non-hydrogen) atoms. The van der Waals surface area contributed by atoms with E-state index in [2.05, 4.69) is 244 Å². The first-order valence-corrected chi connectivity index (χ1v) is 23.8. The van der Waals surface area contributed by atoms with Crippen LogP contribution in [0.4, 0.5) is 45.5 Å². The van der Waals surface area contributed by atoms with Crippen molar-refractivity contribution < 1.29 is 0 Å². The molecule has 0 aliphatic carbocycles. The molecule has 1 aliphatic rings. The van der Waals surface area contributed by atoms with Crippen LogP contribution in [0, 0.1) is 5.41 Å². The van der Waals surface area contributed by atoms with Crippen molar-refractivity contribution in [1.29, 1.82) is 0 Å². The number of fused-ring (bicyclic) bond motifs is 2. The van der Waals surface area contributed by atoms with Gasteiger partial charge < -0.3 is 14.7 Å². The minimum absolute atomic E-state index is 0.0160. The Morgan fingerprint density at radius 2 is 1.20 bits per heavy atom. The lowest BCUT2D eigenvalue weighted by Crippen LogP contribution is -2.42. The zero-order valence-electron chi connectivity index (χ0n) is 39.9. The predicted octanol–water partition coefficient (Wildman–Crippen LogP) is 16.3. The van der Waals surface area contributed by atoms with Gasteiger partial charge >= 0.3 is 0 Å². The lowest BCUT2D eigenvalue weighted by Gasteiger charge is -2.38. The van der Waals surface area contributed by atoms with Crippen molar-refractivity contribution in [3.63, 3.8) is 0 Å². The van der Waals surface area contributed by atoms with Crippen molar-refractivity contribution in [2.75, 3.05) is 21.2 Å². The summed E-state index contributed by atoms with van der Waals surface area (Å²) in [4.78, 5) is 8.26. The average molecular weight is 884 g/mol. The number of halogens is 1. The average Bonchev–Trinajstić information content (AvgIpc) is 3.27. The molecule has 0 N–H and O–H groups in total. The molecule has 1 heterocycles. The Hall–Kier alpha value is -5.10. The van der Waals surface area contributed by atoms with Crippen molar-refractivity contribution in [1.82, 2.24) is 0 Å². The van der Waals surface area contributed by atoms with Crippen LogP contribution in [-0.4, -0.2) is 13.8 Å². The van der Waals surface area contributed by atoms with Crippen molar-refractivity contribution in [3.05, 3.63) is 178 Å². The number of thiol groups is 1. The van der Waals surface area contributed by atoms with Crippen LogP contribution in [0.3, 0.4) is 0 Å². The van der Waals surface area contributed by atoms with Gasteiger partial charge in [0.25, 0.3) is 0 Å². The summed E-state index contributed by atoms with van der Waals surface area (Å²) in [6.45, 7) is 25.8. The number of hydrogen-bond donors (Lipinski definition) is 1. The Labute approximate surface area is 396 Å². The lowest BCUT2D eigenvalue weighted by molar-refractivity contribution is 0.417. The molecule has 1 radical (unpaired) electrons. The highest BCUT2D eigenvalue weighted by Gasteiger charge is 2.31. The maximum atomic E-state index is 7.34. The summed E-state index contributed by atoms with van der Waals surface area (Å²) in [5.74, 6) is 0. The van der Waals surface area contributed by atoms with Gasteiger partial charge in [-0.2, -0.15) is 0 Å². The van der Waals surface area contributed by atoms with E-state index in [1.165, 1.54) is 22.3 Å². The van der Waals surface area contributed by atoms with Crippen LogP contribution in [0.5, 0.6) is 0 Å². The molecule has 6 heteroatoms. The predicted molar refractivity (Wildman–Crippen MR) is 285 cm³/mol. The Morgan fingerprint density at radius 3 is 1.73 bits per heavy atom.